The zero-order valence-corrected chi connectivity index (χ0v) is 10.7. The topological polar surface area (TPSA) is 46.3 Å². The molecule has 0 bridgehead atoms. The van der Waals surface area contributed by atoms with Crippen LogP contribution in [-0.2, 0) is 0 Å². The van der Waals surface area contributed by atoms with Gasteiger partial charge in [-0.1, -0.05) is 13.3 Å². The molecule has 1 amide bonds. The number of carbonyl (C=O) groups is 1. The summed E-state index contributed by atoms with van der Waals surface area (Å²) in [5.41, 5.74) is 6.00. The minimum atomic E-state index is -0.475. The van der Waals surface area contributed by atoms with Crippen LogP contribution in [0.15, 0.2) is 18.2 Å². The van der Waals surface area contributed by atoms with Crippen molar-refractivity contribution in [3.05, 3.63) is 29.6 Å². The van der Waals surface area contributed by atoms with E-state index in [4.69, 9.17) is 5.73 Å². The summed E-state index contributed by atoms with van der Waals surface area (Å²) in [6.07, 6.45) is 3.38. The number of benzene rings is 1. The normalized spacial score (nSPS) is 19.2. The Labute approximate surface area is 107 Å². The second-order valence-corrected chi connectivity index (χ2v) is 4.93. The number of hydrogen-bond acceptors (Lipinski definition) is 2. The largest absolute Gasteiger partial charge is 0.396 e. The van der Waals surface area contributed by atoms with Crippen LogP contribution in [0.3, 0.4) is 0 Å². The maximum atomic E-state index is 13.1. The average Bonchev–Trinajstić information content (AvgIpc) is 2.81. The van der Waals surface area contributed by atoms with E-state index in [0.717, 1.165) is 32.4 Å². The molecule has 3 nitrogen and oxygen atoms in total. The summed E-state index contributed by atoms with van der Waals surface area (Å²) < 4.78 is 13.1. The average molecular weight is 250 g/mol. The summed E-state index contributed by atoms with van der Waals surface area (Å²) in [6.45, 7) is 3.76. The number of rotatable bonds is 3. The van der Waals surface area contributed by atoms with E-state index in [1.165, 1.54) is 18.2 Å². The van der Waals surface area contributed by atoms with Crippen molar-refractivity contribution < 1.29 is 9.18 Å². The highest BCUT2D eigenvalue weighted by Gasteiger charge is 2.26. The molecule has 1 saturated heterocycles. The molecule has 2 rings (SSSR count). The minimum absolute atomic E-state index is 0.0326. The number of halogens is 1. The lowest BCUT2D eigenvalue weighted by atomic mass is 10.0. The Kier molecular flexibility index (Phi) is 3.84. The first-order chi connectivity index (χ1) is 8.61. The molecule has 0 radical (unpaired) electrons. The zero-order chi connectivity index (χ0) is 13.1. The maximum Gasteiger partial charge on any atom is 0.253 e. The first-order valence-corrected chi connectivity index (χ1v) is 6.46. The molecule has 1 fully saturated rings. The SMILES string of the molecule is CCCC1CCN(C(=O)c2ccc(F)c(N)c2)C1. The Morgan fingerprint density at radius 1 is 1.56 bits per heavy atom. The molecule has 0 saturated carbocycles. The summed E-state index contributed by atoms with van der Waals surface area (Å²) >= 11 is 0. The molecular weight excluding hydrogens is 231 g/mol. The summed E-state index contributed by atoms with van der Waals surface area (Å²) in [6, 6.07) is 4.17. The van der Waals surface area contributed by atoms with Crippen molar-refractivity contribution in [1.82, 2.24) is 4.90 Å². The summed E-state index contributed by atoms with van der Waals surface area (Å²) in [7, 11) is 0. The number of amides is 1. The van der Waals surface area contributed by atoms with Gasteiger partial charge >= 0.3 is 0 Å². The lowest BCUT2D eigenvalue weighted by Crippen LogP contribution is -2.28. The van der Waals surface area contributed by atoms with Crippen molar-refractivity contribution in [2.75, 3.05) is 18.8 Å². The van der Waals surface area contributed by atoms with E-state index in [1.807, 2.05) is 4.90 Å². The molecule has 1 aliphatic heterocycles. The molecule has 4 heteroatoms. The number of hydrogen-bond donors (Lipinski definition) is 1. The van der Waals surface area contributed by atoms with Gasteiger partial charge in [-0.05, 0) is 37.0 Å². The number of nitrogens with zero attached hydrogens (tertiary/aromatic N) is 1. The Hall–Kier alpha value is -1.58. The smallest absolute Gasteiger partial charge is 0.253 e. The summed E-state index contributed by atoms with van der Waals surface area (Å²) in [5.74, 6) is 0.0916. The Bertz CT molecular complexity index is 447. The van der Waals surface area contributed by atoms with E-state index in [9.17, 15) is 9.18 Å². The molecule has 1 unspecified atom stereocenters. The molecule has 1 aliphatic rings. The van der Waals surface area contributed by atoms with Crippen LogP contribution in [0.5, 0.6) is 0 Å². The summed E-state index contributed by atoms with van der Waals surface area (Å²) in [5, 5.41) is 0. The molecule has 1 atom stereocenters. The van der Waals surface area contributed by atoms with Crippen molar-refractivity contribution in [1.29, 1.82) is 0 Å². The van der Waals surface area contributed by atoms with E-state index >= 15 is 0 Å². The van der Waals surface area contributed by atoms with E-state index in [-0.39, 0.29) is 11.6 Å². The number of anilines is 1. The third-order valence-electron chi connectivity index (χ3n) is 3.51. The second-order valence-electron chi connectivity index (χ2n) is 4.93. The summed E-state index contributed by atoms with van der Waals surface area (Å²) in [4.78, 5) is 14.0. The van der Waals surface area contributed by atoms with Crippen LogP contribution in [0.25, 0.3) is 0 Å². The van der Waals surface area contributed by atoms with Crippen LogP contribution in [0.2, 0.25) is 0 Å². The van der Waals surface area contributed by atoms with Crippen LogP contribution in [0, 0.1) is 11.7 Å². The molecule has 18 heavy (non-hydrogen) atoms. The van der Waals surface area contributed by atoms with Crippen LogP contribution < -0.4 is 5.73 Å². The molecule has 98 valence electrons. The van der Waals surface area contributed by atoms with E-state index in [2.05, 4.69) is 6.92 Å². The van der Waals surface area contributed by atoms with Crippen molar-refractivity contribution in [3.8, 4) is 0 Å². The first kappa shape index (κ1) is 12.9. The standard InChI is InChI=1S/C14H19FN2O/c1-2-3-10-6-7-17(9-10)14(18)11-4-5-12(15)13(16)8-11/h4-5,8,10H,2-3,6-7,9,16H2,1H3. The van der Waals surface area contributed by atoms with Gasteiger partial charge in [0.15, 0.2) is 0 Å². The lowest BCUT2D eigenvalue weighted by molar-refractivity contribution is 0.0786. The molecule has 0 aliphatic carbocycles. The van der Waals surface area contributed by atoms with Gasteiger partial charge in [-0.15, -0.1) is 0 Å². The van der Waals surface area contributed by atoms with Crippen molar-refractivity contribution in [3.63, 3.8) is 0 Å². The first-order valence-electron chi connectivity index (χ1n) is 6.46. The molecule has 2 N–H and O–H groups in total. The molecule has 1 heterocycles. The quantitative estimate of drug-likeness (QED) is 0.838. The van der Waals surface area contributed by atoms with E-state index < -0.39 is 5.82 Å². The molecule has 1 aromatic rings. The van der Waals surface area contributed by atoms with E-state index in [1.54, 1.807) is 0 Å². The van der Waals surface area contributed by atoms with Crippen LogP contribution in [0.4, 0.5) is 10.1 Å². The van der Waals surface area contributed by atoms with Gasteiger partial charge in [0.05, 0.1) is 5.69 Å². The van der Waals surface area contributed by atoms with Gasteiger partial charge < -0.3 is 10.6 Å². The monoisotopic (exact) mass is 250 g/mol. The van der Waals surface area contributed by atoms with Crippen molar-refractivity contribution >= 4 is 11.6 Å². The lowest BCUT2D eigenvalue weighted by Gasteiger charge is -2.16. The molecule has 0 aromatic heterocycles. The Morgan fingerprint density at radius 3 is 3.00 bits per heavy atom. The van der Waals surface area contributed by atoms with E-state index in [0.29, 0.717) is 11.5 Å². The minimum Gasteiger partial charge on any atom is -0.396 e. The zero-order valence-electron chi connectivity index (χ0n) is 10.7. The third kappa shape index (κ3) is 2.63. The van der Waals surface area contributed by atoms with Gasteiger partial charge in [-0.25, -0.2) is 4.39 Å². The van der Waals surface area contributed by atoms with Gasteiger partial charge in [0.25, 0.3) is 5.91 Å². The maximum absolute atomic E-state index is 13.1. The highest BCUT2D eigenvalue weighted by molar-refractivity contribution is 5.95. The fourth-order valence-electron chi connectivity index (χ4n) is 2.52. The second kappa shape index (κ2) is 5.38. The third-order valence-corrected chi connectivity index (χ3v) is 3.51. The number of nitrogens with two attached hydrogens (primary N) is 1. The Balaban J connectivity index is 2.05. The molecule has 0 spiro atoms. The van der Waals surface area contributed by atoms with Gasteiger partial charge in [-0.3, -0.25) is 4.79 Å². The fraction of sp³-hybridized carbons (Fsp3) is 0.500. The van der Waals surface area contributed by atoms with Gasteiger partial charge in [0.1, 0.15) is 5.82 Å². The highest BCUT2D eigenvalue weighted by Crippen LogP contribution is 2.23. The fourth-order valence-corrected chi connectivity index (χ4v) is 2.52. The highest BCUT2D eigenvalue weighted by atomic mass is 19.1. The predicted molar refractivity (Wildman–Crippen MR) is 69.7 cm³/mol. The van der Waals surface area contributed by atoms with Gasteiger partial charge in [0, 0.05) is 18.7 Å². The number of nitrogen functional groups attached to an aromatic ring is 1. The van der Waals surface area contributed by atoms with Crippen LogP contribution in [-0.4, -0.2) is 23.9 Å². The predicted octanol–water partition coefficient (Wildman–Crippen LogP) is 2.67. The Morgan fingerprint density at radius 2 is 2.33 bits per heavy atom. The van der Waals surface area contributed by atoms with Gasteiger partial charge in [-0.2, -0.15) is 0 Å². The van der Waals surface area contributed by atoms with Crippen LogP contribution >= 0.6 is 0 Å². The van der Waals surface area contributed by atoms with Crippen molar-refractivity contribution in [2.24, 2.45) is 5.92 Å². The molecular formula is C14H19FN2O. The number of likely N-dealkylation sites (tertiary alicyclic amines) is 1. The van der Waals surface area contributed by atoms with Gasteiger partial charge in [0.2, 0.25) is 0 Å². The van der Waals surface area contributed by atoms with Crippen molar-refractivity contribution in [2.45, 2.75) is 26.2 Å². The molecule has 1 aromatic carbocycles. The number of carbonyl (C=O) groups excluding carboxylic acids is 1. The van der Waals surface area contributed by atoms with Crippen LogP contribution in [0.1, 0.15) is 36.5 Å².